The van der Waals surface area contributed by atoms with Gasteiger partial charge in [0.15, 0.2) is 0 Å². The van der Waals surface area contributed by atoms with Crippen LogP contribution in [0.3, 0.4) is 0 Å². The number of piperazine rings is 1. The summed E-state index contributed by atoms with van der Waals surface area (Å²) in [5.74, 6) is 0. The van der Waals surface area contributed by atoms with Crippen molar-refractivity contribution in [2.24, 2.45) is 0 Å². The number of aromatic amines is 2. The first-order valence-electron chi connectivity index (χ1n) is 11.7. The van der Waals surface area contributed by atoms with Crippen LogP contribution < -0.4 is 5.32 Å². The zero-order valence-electron chi connectivity index (χ0n) is 19.2. The van der Waals surface area contributed by atoms with Crippen molar-refractivity contribution < 1.29 is 4.79 Å². The lowest BCUT2D eigenvalue weighted by Crippen LogP contribution is -2.52. The van der Waals surface area contributed by atoms with Crippen molar-refractivity contribution in [3.8, 4) is 0 Å². The Morgan fingerprint density at radius 3 is 2.76 bits per heavy atom. The van der Waals surface area contributed by atoms with Gasteiger partial charge in [0.05, 0.1) is 17.4 Å². The number of hydrogen-bond donors (Lipinski definition) is 3. The second-order valence-electron chi connectivity index (χ2n) is 9.10. The fourth-order valence-electron chi connectivity index (χ4n) is 4.77. The molecule has 0 aliphatic carbocycles. The molecule has 5 heterocycles. The number of anilines is 2. The second kappa shape index (κ2) is 8.49. The normalized spacial score (nSPS) is 17.4. The van der Waals surface area contributed by atoms with Crippen molar-refractivity contribution in [1.29, 1.82) is 0 Å². The van der Waals surface area contributed by atoms with Crippen LogP contribution in [-0.2, 0) is 0 Å². The van der Waals surface area contributed by atoms with Gasteiger partial charge in [-0.05, 0) is 49.4 Å². The Hall–Kier alpha value is -3.85. The Labute approximate surface area is 197 Å². The number of carbonyl (C=O) groups is 1. The predicted octanol–water partition coefficient (Wildman–Crippen LogP) is 3.64. The van der Waals surface area contributed by atoms with Gasteiger partial charge in [-0.1, -0.05) is 6.08 Å². The number of rotatable bonds is 3. The van der Waals surface area contributed by atoms with Crippen LogP contribution in [0.5, 0.6) is 0 Å². The maximum atomic E-state index is 12.9. The van der Waals surface area contributed by atoms with Gasteiger partial charge in [0.2, 0.25) is 0 Å². The molecule has 9 nitrogen and oxygen atoms in total. The van der Waals surface area contributed by atoms with Crippen molar-refractivity contribution in [3.63, 3.8) is 0 Å². The third-order valence-electron chi connectivity index (χ3n) is 6.85. The van der Waals surface area contributed by atoms with Crippen molar-refractivity contribution in [3.05, 3.63) is 54.5 Å². The number of H-pyrrole nitrogens is 2. The second-order valence-corrected chi connectivity index (χ2v) is 9.10. The Morgan fingerprint density at radius 1 is 1.06 bits per heavy atom. The molecule has 2 aliphatic rings. The number of nitrogens with one attached hydrogen (secondary N) is 3. The Bertz CT molecular complexity index is 1380. The van der Waals surface area contributed by atoms with E-state index in [1.807, 2.05) is 40.4 Å². The lowest BCUT2D eigenvalue weighted by molar-refractivity contribution is 0.125. The van der Waals surface area contributed by atoms with E-state index in [-0.39, 0.29) is 6.03 Å². The first-order chi connectivity index (χ1) is 16.6. The summed E-state index contributed by atoms with van der Waals surface area (Å²) in [6, 6.07) is 10.4. The largest absolute Gasteiger partial charge is 0.355 e. The van der Waals surface area contributed by atoms with Crippen molar-refractivity contribution in [1.82, 2.24) is 34.9 Å². The van der Waals surface area contributed by atoms with E-state index in [1.165, 1.54) is 5.57 Å². The highest BCUT2D eigenvalue weighted by Crippen LogP contribution is 2.31. The van der Waals surface area contributed by atoms with E-state index in [9.17, 15) is 4.79 Å². The Kier molecular flexibility index (Phi) is 5.18. The Balaban J connectivity index is 1.19. The van der Waals surface area contributed by atoms with Crippen LogP contribution in [0.2, 0.25) is 0 Å². The van der Waals surface area contributed by atoms with Crippen LogP contribution in [-0.4, -0.2) is 87.2 Å². The molecule has 0 radical (unpaired) electrons. The maximum absolute atomic E-state index is 12.9. The van der Waals surface area contributed by atoms with Crippen molar-refractivity contribution >= 4 is 44.9 Å². The van der Waals surface area contributed by atoms with Crippen LogP contribution >= 0.6 is 0 Å². The van der Waals surface area contributed by atoms with E-state index < -0.39 is 0 Å². The van der Waals surface area contributed by atoms with Crippen molar-refractivity contribution in [2.45, 2.75) is 6.42 Å². The molecule has 0 saturated carbocycles. The molecule has 0 bridgehead atoms. The average Bonchev–Trinajstić information content (AvgIpc) is 3.52. The van der Waals surface area contributed by atoms with Gasteiger partial charge in [-0.3, -0.25) is 5.10 Å². The Morgan fingerprint density at radius 2 is 1.94 bits per heavy atom. The number of fused-ring (bicyclic) bond motifs is 2. The number of hydrogen-bond acceptors (Lipinski definition) is 5. The summed E-state index contributed by atoms with van der Waals surface area (Å²) in [5, 5.41) is 12.7. The van der Waals surface area contributed by atoms with Crippen LogP contribution in [0.25, 0.3) is 27.5 Å². The summed E-state index contributed by atoms with van der Waals surface area (Å²) in [5.41, 5.74) is 6.15. The molecule has 9 heteroatoms. The number of likely N-dealkylation sites (N-methyl/N-ethyl adjacent to an activating group) is 1. The molecular weight excluding hydrogens is 428 g/mol. The fraction of sp³-hybridized carbons (Fsp3) is 0.320. The number of aromatic nitrogens is 4. The molecule has 1 saturated heterocycles. The van der Waals surface area contributed by atoms with Crippen LogP contribution in [0.4, 0.5) is 16.2 Å². The number of nitrogens with zero attached hydrogens (tertiary/aromatic N) is 5. The maximum Gasteiger partial charge on any atom is 0.320 e. The lowest BCUT2D eigenvalue weighted by atomic mass is 10.0. The molecule has 6 rings (SSSR count). The number of benzene rings is 1. The van der Waals surface area contributed by atoms with E-state index in [0.29, 0.717) is 6.54 Å². The fourth-order valence-corrected chi connectivity index (χ4v) is 4.77. The number of amides is 2. The molecule has 0 spiro atoms. The first-order valence-corrected chi connectivity index (χ1v) is 11.7. The highest BCUT2D eigenvalue weighted by molar-refractivity contribution is 5.95. The van der Waals surface area contributed by atoms with Crippen LogP contribution in [0.15, 0.2) is 48.8 Å². The van der Waals surface area contributed by atoms with E-state index in [0.717, 1.165) is 78.1 Å². The first kappa shape index (κ1) is 20.7. The van der Waals surface area contributed by atoms with Crippen molar-refractivity contribution in [2.75, 3.05) is 51.6 Å². The number of pyridine rings is 1. The van der Waals surface area contributed by atoms with Gasteiger partial charge in [0.1, 0.15) is 5.65 Å². The molecular formula is C25H28N8O. The third-order valence-corrected chi connectivity index (χ3v) is 6.85. The molecule has 0 atom stereocenters. The summed E-state index contributed by atoms with van der Waals surface area (Å²) in [6.07, 6.45) is 6.63. The summed E-state index contributed by atoms with van der Waals surface area (Å²) in [4.78, 5) is 27.1. The third kappa shape index (κ3) is 3.88. The molecule has 174 valence electrons. The van der Waals surface area contributed by atoms with Gasteiger partial charge in [0.25, 0.3) is 0 Å². The highest BCUT2D eigenvalue weighted by Gasteiger charge is 2.26. The molecule has 1 fully saturated rings. The van der Waals surface area contributed by atoms with Gasteiger partial charge in [0, 0.05) is 67.6 Å². The minimum absolute atomic E-state index is 0.155. The van der Waals surface area contributed by atoms with Gasteiger partial charge >= 0.3 is 6.03 Å². The minimum atomic E-state index is 0.155. The monoisotopic (exact) mass is 456 g/mol. The standard InChI is InChI=1S/C25H28N8O/c1-31-10-12-33(13-11-31)25(34)32-8-5-17(6-9-32)23-15-20-22(4-7-26-24(20)29-23)28-19-2-3-21-18(14-19)16-27-30-21/h2-5,7,14-16H,6,8-13H2,1H3,(H,27,30)(H2,26,28,29). The molecule has 1 aromatic carbocycles. The van der Waals surface area contributed by atoms with Crippen LogP contribution in [0, 0.1) is 0 Å². The molecule has 0 unspecified atom stereocenters. The predicted molar refractivity (Wildman–Crippen MR) is 134 cm³/mol. The summed E-state index contributed by atoms with van der Waals surface area (Å²) in [6.45, 7) is 4.86. The van der Waals surface area contributed by atoms with E-state index >= 15 is 0 Å². The van der Waals surface area contributed by atoms with E-state index in [4.69, 9.17) is 0 Å². The SMILES string of the molecule is CN1CCN(C(=O)N2CC=C(c3cc4c(Nc5ccc6[nH]ncc6c5)ccnc4[nH]3)CC2)CC1. The zero-order chi connectivity index (χ0) is 23.1. The van der Waals surface area contributed by atoms with Gasteiger partial charge in [-0.2, -0.15) is 5.10 Å². The van der Waals surface area contributed by atoms with Crippen LogP contribution in [0.1, 0.15) is 12.1 Å². The molecule has 3 aromatic heterocycles. The molecule has 2 aliphatic heterocycles. The summed E-state index contributed by atoms with van der Waals surface area (Å²) < 4.78 is 0. The molecule has 4 aromatic rings. The highest BCUT2D eigenvalue weighted by atomic mass is 16.2. The van der Waals surface area contributed by atoms with Gasteiger partial charge < -0.3 is 25.0 Å². The molecule has 2 amide bonds. The average molecular weight is 457 g/mol. The quantitative estimate of drug-likeness (QED) is 0.437. The lowest BCUT2D eigenvalue weighted by Gasteiger charge is -2.37. The minimum Gasteiger partial charge on any atom is -0.355 e. The number of urea groups is 1. The van der Waals surface area contributed by atoms with Gasteiger partial charge in [-0.25, -0.2) is 9.78 Å². The summed E-state index contributed by atoms with van der Waals surface area (Å²) >= 11 is 0. The topological polar surface area (TPSA) is 96.2 Å². The van der Waals surface area contributed by atoms with E-state index in [2.05, 4.69) is 55.6 Å². The van der Waals surface area contributed by atoms with E-state index in [1.54, 1.807) is 0 Å². The molecule has 34 heavy (non-hydrogen) atoms. The zero-order valence-corrected chi connectivity index (χ0v) is 19.2. The summed E-state index contributed by atoms with van der Waals surface area (Å²) in [7, 11) is 2.10. The number of carbonyl (C=O) groups excluding carboxylic acids is 1. The smallest absolute Gasteiger partial charge is 0.320 e. The van der Waals surface area contributed by atoms with Gasteiger partial charge in [-0.15, -0.1) is 0 Å². The molecule has 3 N–H and O–H groups in total.